The molecule has 1 aliphatic rings. The van der Waals surface area contributed by atoms with Gasteiger partial charge in [0.2, 0.25) is 10.0 Å². The number of rotatable bonds is 7. The molecule has 178 valence electrons. The van der Waals surface area contributed by atoms with Gasteiger partial charge >= 0.3 is 0 Å². The largest absolute Gasteiger partial charge is 0.497 e. The van der Waals surface area contributed by atoms with Crippen LogP contribution < -0.4 is 14.9 Å². The highest BCUT2D eigenvalue weighted by molar-refractivity contribution is 7.89. The molecule has 6 nitrogen and oxygen atoms in total. The number of hydrazone groups is 1. The number of ether oxygens (including phenoxy) is 1. The Kier molecular flexibility index (Phi) is 7.14. The van der Waals surface area contributed by atoms with Crippen LogP contribution in [-0.2, 0) is 10.0 Å². The van der Waals surface area contributed by atoms with Crippen LogP contribution >= 0.6 is 23.2 Å². The third-order valence-electron chi connectivity index (χ3n) is 5.63. The first-order valence-electron chi connectivity index (χ1n) is 10.4. The Balaban J connectivity index is 1.67. The number of hydrogen-bond donors (Lipinski definition) is 2. The lowest BCUT2D eigenvalue weighted by molar-refractivity contribution is 0.414. The molecule has 0 aliphatic carbocycles. The van der Waals surface area contributed by atoms with Crippen LogP contribution in [0.4, 0.5) is 4.39 Å². The quantitative estimate of drug-likeness (QED) is 0.426. The lowest BCUT2D eigenvalue weighted by atomic mass is 9.96. The van der Waals surface area contributed by atoms with Crippen molar-refractivity contribution in [1.29, 1.82) is 0 Å². The van der Waals surface area contributed by atoms with Gasteiger partial charge in [-0.3, -0.25) is 0 Å². The molecule has 3 aromatic carbocycles. The summed E-state index contributed by atoms with van der Waals surface area (Å²) in [5, 5.41) is 5.13. The first-order valence-corrected chi connectivity index (χ1v) is 12.6. The molecule has 10 heteroatoms. The third kappa shape index (κ3) is 5.20. The topological polar surface area (TPSA) is 79.8 Å². The molecule has 0 spiro atoms. The second-order valence-corrected chi connectivity index (χ2v) is 10.5. The van der Waals surface area contributed by atoms with Crippen LogP contribution in [0.3, 0.4) is 0 Å². The Labute approximate surface area is 207 Å². The minimum absolute atomic E-state index is 0.171. The van der Waals surface area contributed by atoms with E-state index in [9.17, 15) is 12.8 Å². The van der Waals surface area contributed by atoms with E-state index in [1.54, 1.807) is 26.2 Å². The Morgan fingerprint density at radius 2 is 1.85 bits per heavy atom. The van der Waals surface area contributed by atoms with Gasteiger partial charge in [-0.15, -0.1) is 0 Å². The minimum Gasteiger partial charge on any atom is -0.497 e. The summed E-state index contributed by atoms with van der Waals surface area (Å²) in [4.78, 5) is -0.191. The van der Waals surface area contributed by atoms with E-state index in [1.165, 1.54) is 18.2 Å². The average molecular weight is 522 g/mol. The van der Waals surface area contributed by atoms with Gasteiger partial charge in [-0.1, -0.05) is 47.5 Å². The van der Waals surface area contributed by atoms with Gasteiger partial charge in [0.05, 0.1) is 29.8 Å². The zero-order valence-corrected chi connectivity index (χ0v) is 20.7. The van der Waals surface area contributed by atoms with Crippen molar-refractivity contribution >= 4 is 38.9 Å². The molecule has 0 saturated heterocycles. The number of hydrogen-bond acceptors (Lipinski definition) is 5. The van der Waals surface area contributed by atoms with Crippen molar-refractivity contribution < 1.29 is 17.5 Å². The smallest absolute Gasteiger partial charge is 0.241 e. The van der Waals surface area contributed by atoms with Gasteiger partial charge in [-0.2, -0.15) is 9.82 Å². The lowest BCUT2D eigenvalue weighted by Crippen LogP contribution is -2.34. The van der Waals surface area contributed by atoms with E-state index in [1.807, 2.05) is 24.3 Å². The summed E-state index contributed by atoms with van der Waals surface area (Å²) in [5.41, 5.74) is 5.39. The maximum absolute atomic E-state index is 14.1. The van der Waals surface area contributed by atoms with Gasteiger partial charge in [0, 0.05) is 16.5 Å². The van der Waals surface area contributed by atoms with Crippen LogP contribution in [0, 0.1) is 12.7 Å². The molecule has 0 bridgehead atoms. The first kappa shape index (κ1) is 24.5. The summed E-state index contributed by atoms with van der Waals surface area (Å²) in [7, 11) is -2.52. The van der Waals surface area contributed by atoms with Crippen molar-refractivity contribution in [3.05, 3.63) is 93.2 Å². The molecular weight excluding hydrogens is 500 g/mol. The maximum atomic E-state index is 14.1. The average Bonchev–Trinajstić information content (AvgIpc) is 3.30. The molecule has 0 radical (unpaired) electrons. The molecule has 3 aromatic rings. The van der Waals surface area contributed by atoms with Crippen LogP contribution in [0.15, 0.2) is 70.7 Å². The highest BCUT2D eigenvalue weighted by Crippen LogP contribution is 2.34. The number of nitrogens with one attached hydrogen (secondary N) is 2. The number of methoxy groups -OCH3 is 1. The maximum Gasteiger partial charge on any atom is 0.241 e. The van der Waals surface area contributed by atoms with Crippen molar-refractivity contribution in [2.45, 2.75) is 30.3 Å². The zero-order chi connectivity index (χ0) is 24.5. The summed E-state index contributed by atoms with van der Waals surface area (Å²) >= 11 is 12.5. The van der Waals surface area contributed by atoms with E-state index in [0.29, 0.717) is 28.3 Å². The predicted octanol–water partition coefficient (Wildman–Crippen LogP) is 5.56. The number of halogens is 3. The van der Waals surface area contributed by atoms with E-state index in [0.717, 1.165) is 17.4 Å². The van der Waals surface area contributed by atoms with Gasteiger partial charge in [0.25, 0.3) is 0 Å². The third-order valence-corrected chi connectivity index (χ3v) is 7.61. The molecule has 0 saturated carbocycles. The van der Waals surface area contributed by atoms with Gasteiger partial charge in [-0.25, -0.2) is 12.8 Å². The summed E-state index contributed by atoms with van der Waals surface area (Å²) in [6.45, 7) is 1.56. The van der Waals surface area contributed by atoms with Gasteiger partial charge < -0.3 is 10.2 Å². The molecule has 2 atom stereocenters. The van der Waals surface area contributed by atoms with Crippen LogP contribution in [0.1, 0.15) is 35.2 Å². The van der Waals surface area contributed by atoms with E-state index < -0.39 is 21.9 Å². The fourth-order valence-corrected chi connectivity index (χ4v) is 5.42. The van der Waals surface area contributed by atoms with Crippen LogP contribution in [0.5, 0.6) is 5.75 Å². The van der Waals surface area contributed by atoms with Crippen LogP contribution in [-0.4, -0.2) is 21.2 Å². The molecule has 1 aliphatic heterocycles. The SMILES string of the molecule is COc1ccc(C2CC(C(NS(=O)(=O)c3ccc(C)c(F)c3)c3ccc(Cl)cc3Cl)=NN2)cc1. The summed E-state index contributed by atoms with van der Waals surface area (Å²) < 4.78 is 48.4. The van der Waals surface area contributed by atoms with Gasteiger partial charge in [-0.05, 0) is 60.0 Å². The first-order chi connectivity index (χ1) is 16.2. The normalized spacial score (nSPS) is 16.6. The zero-order valence-electron chi connectivity index (χ0n) is 18.3. The fraction of sp³-hybridized carbons (Fsp3) is 0.208. The molecule has 2 N–H and O–H groups in total. The van der Waals surface area contributed by atoms with E-state index in [2.05, 4.69) is 15.2 Å². The lowest BCUT2D eigenvalue weighted by Gasteiger charge is -2.21. The Hall–Kier alpha value is -2.65. The Morgan fingerprint density at radius 3 is 2.50 bits per heavy atom. The number of sulfonamides is 1. The van der Waals surface area contributed by atoms with Crippen molar-refractivity contribution in [3.63, 3.8) is 0 Å². The Bertz CT molecular complexity index is 1350. The van der Waals surface area contributed by atoms with Crippen molar-refractivity contribution in [2.24, 2.45) is 5.10 Å². The number of nitrogens with zero attached hydrogens (tertiary/aromatic N) is 1. The summed E-state index contributed by atoms with van der Waals surface area (Å²) in [6.07, 6.45) is 0.417. The van der Waals surface area contributed by atoms with Crippen molar-refractivity contribution in [1.82, 2.24) is 10.1 Å². The van der Waals surface area contributed by atoms with E-state index >= 15 is 0 Å². The second kappa shape index (κ2) is 9.92. The van der Waals surface area contributed by atoms with Crippen molar-refractivity contribution in [3.8, 4) is 5.75 Å². The molecule has 2 unspecified atom stereocenters. The van der Waals surface area contributed by atoms with Crippen LogP contribution in [0.2, 0.25) is 10.0 Å². The van der Waals surface area contributed by atoms with Gasteiger partial charge in [0.1, 0.15) is 11.6 Å². The highest BCUT2D eigenvalue weighted by atomic mass is 35.5. The van der Waals surface area contributed by atoms with E-state index in [4.69, 9.17) is 27.9 Å². The highest BCUT2D eigenvalue weighted by Gasteiger charge is 2.32. The monoisotopic (exact) mass is 521 g/mol. The molecule has 1 heterocycles. The molecule has 34 heavy (non-hydrogen) atoms. The van der Waals surface area contributed by atoms with Crippen LogP contribution in [0.25, 0.3) is 0 Å². The molecule has 4 rings (SSSR count). The fourth-order valence-electron chi connectivity index (χ4n) is 3.68. The summed E-state index contributed by atoms with van der Waals surface area (Å²) in [5.74, 6) is 0.121. The minimum atomic E-state index is -4.11. The predicted molar refractivity (Wildman–Crippen MR) is 132 cm³/mol. The van der Waals surface area contributed by atoms with E-state index in [-0.39, 0.29) is 16.0 Å². The second-order valence-electron chi connectivity index (χ2n) is 7.89. The molecule has 0 fully saturated rings. The summed E-state index contributed by atoms with van der Waals surface area (Å²) in [6, 6.07) is 15.0. The van der Waals surface area contributed by atoms with Gasteiger partial charge in [0.15, 0.2) is 0 Å². The Morgan fingerprint density at radius 1 is 1.12 bits per heavy atom. The number of aryl methyl sites for hydroxylation is 1. The molecular formula is C24H22Cl2FN3O3S. The number of benzene rings is 3. The molecule has 0 aromatic heterocycles. The standard InChI is InChI=1S/C24H22Cl2FN3O3S/c1-14-3-9-18(12-21(14)27)34(31,32)30-24(19-10-6-16(25)11-20(19)26)23-13-22(28-29-23)15-4-7-17(33-2)8-5-15/h3-12,22,24,28,30H,13H2,1-2H3. The van der Waals surface area contributed by atoms with Crippen molar-refractivity contribution in [2.75, 3.05) is 7.11 Å². The molecule has 0 amide bonds.